The highest BCUT2D eigenvalue weighted by molar-refractivity contribution is 5.96. The zero-order valence-electron chi connectivity index (χ0n) is 13.0. The van der Waals surface area contributed by atoms with E-state index in [1.54, 1.807) is 26.0 Å². The first-order chi connectivity index (χ1) is 11.1. The minimum atomic E-state index is -0.889. The second-order valence-electron chi connectivity index (χ2n) is 4.89. The smallest absolute Gasteiger partial charge is 0.331 e. The Morgan fingerprint density at radius 2 is 2.09 bits per heavy atom. The van der Waals surface area contributed by atoms with Crippen LogP contribution in [-0.4, -0.2) is 23.1 Å². The van der Waals surface area contributed by atoms with Crippen LogP contribution in [0.5, 0.6) is 0 Å². The minimum Gasteiger partial charge on any atom is -0.449 e. The van der Waals surface area contributed by atoms with E-state index in [9.17, 15) is 9.59 Å². The maximum atomic E-state index is 12.1. The van der Waals surface area contributed by atoms with Crippen molar-refractivity contribution in [2.75, 3.05) is 5.32 Å². The molecule has 0 aliphatic carbocycles. The van der Waals surface area contributed by atoms with Gasteiger partial charge in [0.25, 0.3) is 5.91 Å². The Balaban J connectivity index is 1.91. The molecule has 1 amide bonds. The molecule has 0 saturated carbocycles. The highest BCUT2D eigenvalue weighted by atomic mass is 16.5. The molecule has 1 N–H and O–H groups in total. The van der Waals surface area contributed by atoms with Crippen LogP contribution in [0.2, 0.25) is 0 Å². The molecule has 0 fully saturated rings. The highest BCUT2D eigenvalue weighted by Crippen LogP contribution is 2.10. The number of nitrogens with zero attached hydrogens (tertiary/aromatic N) is 1. The van der Waals surface area contributed by atoms with Gasteiger partial charge in [-0.15, -0.1) is 0 Å². The Labute approximate surface area is 134 Å². The number of nitrogens with one attached hydrogen (secondary N) is 1. The van der Waals surface area contributed by atoms with Crippen LogP contribution in [0.25, 0.3) is 6.08 Å². The summed E-state index contributed by atoms with van der Waals surface area (Å²) in [7, 11) is 0. The quantitative estimate of drug-likeness (QED) is 0.655. The number of ether oxygens (including phenoxy) is 1. The fourth-order valence-electron chi connectivity index (χ4n) is 1.86. The molecule has 120 valence electrons. The third kappa shape index (κ3) is 5.10. The van der Waals surface area contributed by atoms with Crippen molar-refractivity contribution in [1.82, 2.24) is 5.16 Å². The summed E-state index contributed by atoms with van der Waals surface area (Å²) < 4.78 is 10.0. The number of hydrogen-bond donors (Lipinski definition) is 1. The van der Waals surface area contributed by atoms with E-state index in [2.05, 4.69) is 10.5 Å². The van der Waals surface area contributed by atoms with Gasteiger partial charge in [0, 0.05) is 12.1 Å². The van der Waals surface area contributed by atoms with Crippen molar-refractivity contribution < 1.29 is 18.8 Å². The van der Waals surface area contributed by atoms with E-state index in [-0.39, 0.29) is 0 Å². The van der Waals surface area contributed by atoms with Gasteiger partial charge in [0.05, 0.1) is 0 Å². The van der Waals surface area contributed by atoms with E-state index in [1.165, 1.54) is 6.08 Å². The first-order valence-electron chi connectivity index (χ1n) is 7.26. The Kier molecular flexibility index (Phi) is 5.68. The van der Waals surface area contributed by atoms with Gasteiger partial charge in [-0.1, -0.05) is 42.4 Å². The van der Waals surface area contributed by atoms with Gasteiger partial charge in [0.1, 0.15) is 5.76 Å². The van der Waals surface area contributed by atoms with Gasteiger partial charge in [-0.05, 0) is 25.0 Å². The third-order valence-corrected chi connectivity index (χ3v) is 3.01. The van der Waals surface area contributed by atoms with Crippen molar-refractivity contribution in [3.05, 3.63) is 53.8 Å². The van der Waals surface area contributed by atoms with Gasteiger partial charge in [-0.25, -0.2) is 4.79 Å². The van der Waals surface area contributed by atoms with Gasteiger partial charge in [0.15, 0.2) is 11.9 Å². The molecule has 0 saturated heterocycles. The van der Waals surface area contributed by atoms with Gasteiger partial charge in [-0.3, -0.25) is 4.79 Å². The van der Waals surface area contributed by atoms with E-state index >= 15 is 0 Å². The minimum absolute atomic E-state index is 0.293. The number of rotatable bonds is 6. The predicted molar refractivity (Wildman–Crippen MR) is 85.5 cm³/mol. The molecule has 0 spiro atoms. The first kappa shape index (κ1) is 16.5. The average molecular weight is 314 g/mol. The van der Waals surface area contributed by atoms with Crippen LogP contribution in [0.3, 0.4) is 0 Å². The SMILES string of the molecule is CCC(OC(=O)/C=C/c1ccccc1)C(=O)Nc1cc(C)on1. The van der Waals surface area contributed by atoms with Crippen molar-refractivity contribution in [2.45, 2.75) is 26.4 Å². The Morgan fingerprint density at radius 3 is 2.70 bits per heavy atom. The van der Waals surface area contributed by atoms with E-state index in [4.69, 9.17) is 9.26 Å². The summed E-state index contributed by atoms with van der Waals surface area (Å²) in [6, 6.07) is 10.9. The van der Waals surface area contributed by atoms with Crippen LogP contribution in [-0.2, 0) is 14.3 Å². The topological polar surface area (TPSA) is 81.4 Å². The van der Waals surface area contributed by atoms with Crippen LogP contribution in [0.1, 0.15) is 24.7 Å². The average Bonchev–Trinajstić information content (AvgIpc) is 2.96. The molecule has 2 rings (SSSR count). The van der Waals surface area contributed by atoms with E-state index in [1.807, 2.05) is 30.3 Å². The van der Waals surface area contributed by atoms with E-state index in [0.29, 0.717) is 18.0 Å². The lowest BCUT2D eigenvalue weighted by Crippen LogP contribution is -2.31. The number of aryl methyl sites for hydroxylation is 1. The molecule has 6 heteroatoms. The van der Waals surface area contributed by atoms with Crippen molar-refractivity contribution in [3.8, 4) is 0 Å². The molecule has 23 heavy (non-hydrogen) atoms. The molecule has 1 heterocycles. The number of carbonyl (C=O) groups is 2. The number of hydrogen-bond acceptors (Lipinski definition) is 5. The van der Waals surface area contributed by atoms with Gasteiger partial charge < -0.3 is 14.6 Å². The maximum Gasteiger partial charge on any atom is 0.331 e. The lowest BCUT2D eigenvalue weighted by atomic mass is 10.2. The zero-order chi connectivity index (χ0) is 16.7. The molecule has 1 atom stereocenters. The van der Waals surface area contributed by atoms with Crippen molar-refractivity contribution in [3.63, 3.8) is 0 Å². The predicted octanol–water partition coefficient (Wildman–Crippen LogP) is 2.96. The molecule has 1 aromatic heterocycles. The zero-order valence-corrected chi connectivity index (χ0v) is 13.0. The van der Waals surface area contributed by atoms with Crippen molar-refractivity contribution in [1.29, 1.82) is 0 Å². The van der Waals surface area contributed by atoms with E-state index in [0.717, 1.165) is 5.56 Å². The molecule has 0 aliphatic heterocycles. The maximum absolute atomic E-state index is 12.1. The number of anilines is 1. The van der Waals surface area contributed by atoms with Crippen LogP contribution in [0.4, 0.5) is 5.82 Å². The first-order valence-corrected chi connectivity index (χ1v) is 7.26. The highest BCUT2D eigenvalue weighted by Gasteiger charge is 2.21. The van der Waals surface area contributed by atoms with Crippen molar-refractivity contribution >= 4 is 23.8 Å². The molecule has 1 aromatic carbocycles. The fraction of sp³-hybridized carbons (Fsp3) is 0.235. The van der Waals surface area contributed by atoms with Crippen LogP contribution in [0, 0.1) is 6.92 Å². The van der Waals surface area contributed by atoms with Crippen molar-refractivity contribution in [2.24, 2.45) is 0 Å². The fourth-order valence-corrected chi connectivity index (χ4v) is 1.86. The molecule has 6 nitrogen and oxygen atoms in total. The normalized spacial score (nSPS) is 12.1. The van der Waals surface area contributed by atoms with Crippen LogP contribution >= 0.6 is 0 Å². The lowest BCUT2D eigenvalue weighted by molar-refractivity contribution is -0.149. The summed E-state index contributed by atoms with van der Waals surface area (Å²) in [5.74, 6) is -0.146. The molecule has 0 radical (unpaired) electrons. The summed E-state index contributed by atoms with van der Waals surface area (Å²) in [5.41, 5.74) is 0.875. The van der Waals surface area contributed by atoms with Crippen LogP contribution in [0.15, 0.2) is 47.0 Å². The summed E-state index contributed by atoms with van der Waals surface area (Å²) in [5, 5.41) is 6.21. The van der Waals surface area contributed by atoms with Crippen LogP contribution < -0.4 is 5.32 Å². The van der Waals surface area contributed by atoms with E-state index < -0.39 is 18.0 Å². The van der Waals surface area contributed by atoms with Gasteiger partial charge in [-0.2, -0.15) is 0 Å². The van der Waals surface area contributed by atoms with Gasteiger partial charge >= 0.3 is 5.97 Å². The number of aromatic nitrogens is 1. The molecule has 1 unspecified atom stereocenters. The number of carbonyl (C=O) groups excluding carboxylic acids is 2. The Morgan fingerprint density at radius 1 is 1.35 bits per heavy atom. The number of amides is 1. The summed E-state index contributed by atoms with van der Waals surface area (Å²) in [6.45, 7) is 3.47. The monoisotopic (exact) mass is 314 g/mol. The largest absolute Gasteiger partial charge is 0.449 e. The third-order valence-electron chi connectivity index (χ3n) is 3.01. The Hall–Kier alpha value is -2.89. The second-order valence-corrected chi connectivity index (χ2v) is 4.89. The molecule has 0 bridgehead atoms. The van der Waals surface area contributed by atoms with Gasteiger partial charge in [0.2, 0.25) is 0 Å². The lowest BCUT2D eigenvalue weighted by Gasteiger charge is -2.13. The number of benzene rings is 1. The Bertz CT molecular complexity index is 692. The summed E-state index contributed by atoms with van der Waals surface area (Å²) in [6.07, 6.45) is 2.40. The summed E-state index contributed by atoms with van der Waals surface area (Å²) >= 11 is 0. The molecule has 2 aromatic rings. The summed E-state index contributed by atoms with van der Waals surface area (Å²) in [4.78, 5) is 23.9. The standard InChI is InChI=1S/C17H18N2O4/c1-3-14(17(21)18-15-11-12(2)23-19-15)22-16(20)10-9-13-7-5-4-6-8-13/h4-11,14H,3H2,1-2H3,(H,18,19,21)/b10-9+. The molecular weight excluding hydrogens is 296 g/mol. The second kappa shape index (κ2) is 7.93. The number of esters is 1. The molecule has 0 aliphatic rings. The molecular formula is C17H18N2O4.